The number of hydroxylamine groups is 3. The Balaban J connectivity index is 1.83. The first-order valence-corrected chi connectivity index (χ1v) is 12.2. The van der Waals surface area contributed by atoms with E-state index in [9.17, 15) is 5.21 Å². The quantitative estimate of drug-likeness (QED) is 0.132. The summed E-state index contributed by atoms with van der Waals surface area (Å²) < 4.78 is -0.136. The Bertz CT molecular complexity index is 443. The van der Waals surface area contributed by atoms with Crippen LogP contribution in [-0.4, -0.2) is 18.2 Å². The molecule has 1 rings (SSSR count). The van der Waals surface area contributed by atoms with Gasteiger partial charge in [0.2, 0.25) is 0 Å². The fraction of sp³-hybridized carbons (Fsp3) is 0.769. The van der Waals surface area contributed by atoms with E-state index in [0.717, 1.165) is 18.5 Å². The summed E-state index contributed by atoms with van der Waals surface area (Å²) >= 11 is 0. The zero-order valence-corrected chi connectivity index (χ0v) is 19.0. The molecule has 0 amide bonds. The Labute approximate surface area is 175 Å². The van der Waals surface area contributed by atoms with Gasteiger partial charge in [-0.1, -0.05) is 127 Å². The molecule has 0 N–H and O–H groups in total. The van der Waals surface area contributed by atoms with Gasteiger partial charge in [0.1, 0.15) is 6.54 Å². The minimum Gasteiger partial charge on any atom is -0.633 e. The maximum atomic E-state index is 12.6. The predicted octanol–water partition coefficient (Wildman–Crippen LogP) is 8.39. The van der Waals surface area contributed by atoms with Crippen LogP contribution in [0.3, 0.4) is 0 Å². The van der Waals surface area contributed by atoms with E-state index in [1.165, 1.54) is 96.3 Å². The van der Waals surface area contributed by atoms with Crippen molar-refractivity contribution in [3.63, 3.8) is 0 Å². The van der Waals surface area contributed by atoms with Gasteiger partial charge in [-0.05, 0) is 12.8 Å². The topological polar surface area (TPSA) is 23.1 Å². The van der Waals surface area contributed by atoms with Crippen molar-refractivity contribution in [1.82, 2.24) is 0 Å². The van der Waals surface area contributed by atoms with Crippen LogP contribution in [0.1, 0.15) is 115 Å². The van der Waals surface area contributed by atoms with Gasteiger partial charge in [-0.2, -0.15) is 0 Å². The summed E-state index contributed by atoms with van der Waals surface area (Å²) in [6.07, 6.45) is 22.0. The Morgan fingerprint density at radius 2 is 1.00 bits per heavy atom. The molecule has 2 nitrogen and oxygen atoms in total. The van der Waals surface area contributed by atoms with E-state index in [1.54, 1.807) is 0 Å². The number of rotatable bonds is 19. The van der Waals surface area contributed by atoms with Crippen LogP contribution in [0.4, 0.5) is 0 Å². The molecule has 0 heterocycles. The van der Waals surface area contributed by atoms with E-state index >= 15 is 0 Å². The van der Waals surface area contributed by atoms with Crippen molar-refractivity contribution in [1.29, 1.82) is 0 Å². The minimum absolute atomic E-state index is 0.136. The van der Waals surface area contributed by atoms with E-state index < -0.39 is 0 Å². The Hall–Kier alpha value is -0.860. The van der Waals surface area contributed by atoms with Gasteiger partial charge in [0, 0.05) is 5.56 Å². The molecular formula is C26H47NO. The minimum atomic E-state index is -0.136. The number of unbranched alkanes of at least 4 members (excludes halogenated alkanes) is 15. The highest BCUT2D eigenvalue weighted by Gasteiger charge is 2.10. The lowest BCUT2D eigenvalue weighted by molar-refractivity contribution is -0.874. The molecule has 0 spiro atoms. The van der Waals surface area contributed by atoms with E-state index in [4.69, 9.17) is 0 Å². The molecule has 2 heteroatoms. The van der Waals surface area contributed by atoms with Crippen LogP contribution in [0.25, 0.3) is 0 Å². The molecule has 1 aromatic rings. The van der Waals surface area contributed by atoms with E-state index in [1.807, 2.05) is 25.2 Å². The highest BCUT2D eigenvalue weighted by atomic mass is 16.5. The number of benzene rings is 1. The van der Waals surface area contributed by atoms with Crippen LogP contribution in [0.2, 0.25) is 0 Å². The number of nitrogens with zero attached hydrogens (tertiary/aromatic N) is 1. The van der Waals surface area contributed by atoms with E-state index in [0.29, 0.717) is 6.54 Å². The molecule has 0 aliphatic rings. The standard InChI is InChI=1S/C26H47NO/c1-3-4-5-6-7-8-9-10-11-12-13-14-15-16-17-21-24-27(2,28)25-26-22-19-18-20-23-26/h18-20,22-23H,3-17,21,24-25H2,1-2H3. The summed E-state index contributed by atoms with van der Waals surface area (Å²) in [5.41, 5.74) is 1.15. The Morgan fingerprint density at radius 3 is 1.43 bits per heavy atom. The van der Waals surface area contributed by atoms with Gasteiger partial charge in [0.05, 0.1) is 13.6 Å². The predicted molar refractivity (Wildman–Crippen MR) is 124 cm³/mol. The summed E-state index contributed by atoms with van der Waals surface area (Å²) in [4.78, 5) is 0. The van der Waals surface area contributed by atoms with Crippen LogP contribution in [0.15, 0.2) is 30.3 Å². The number of quaternary nitrogens is 1. The van der Waals surface area contributed by atoms with Crippen molar-refractivity contribution in [2.45, 2.75) is 116 Å². The van der Waals surface area contributed by atoms with Gasteiger partial charge in [-0.15, -0.1) is 0 Å². The molecule has 0 saturated heterocycles. The zero-order valence-electron chi connectivity index (χ0n) is 19.0. The first-order valence-electron chi connectivity index (χ1n) is 12.2. The summed E-state index contributed by atoms with van der Waals surface area (Å²) in [5, 5.41) is 12.6. The van der Waals surface area contributed by atoms with Crippen molar-refractivity contribution in [2.24, 2.45) is 0 Å². The van der Waals surface area contributed by atoms with Crippen LogP contribution < -0.4 is 0 Å². The average Bonchev–Trinajstić information content (AvgIpc) is 2.68. The summed E-state index contributed by atoms with van der Waals surface area (Å²) in [5.74, 6) is 0. The number of hydrogen-bond donors (Lipinski definition) is 0. The van der Waals surface area contributed by atoms with E-state index in [-0.39, 0.29) is 4.65 Å². The molecule has 0 aromatic heterocycles. The van der Waals surface area contributed by atoms with Crippen molar-refractivity contribution in [3.8, 4) is 0 Å². The largest absolute Gasteiger partial charge is 0.633 e. The summed E-state index contributed by atoms with van der Waals surface area (Å²) in [7, 11) is 1.82. The lowest BCUT2D eigenvalue weighted by Crippen LogP contribution is -2.37. The zero-order chi connectivity index (χ0) is 20.3. The fourth-order valence-corrected chi connectivity index (χ4v) is 4.04. The van der Waals surface area contributed by atoms with Gasteiger partial charge in [0.15, 0.2) is 0 Å². The third kappa shape index (κ3) is 15.1. The molecular weight excluding hydrogens is 342 g/mol. The van der Waals surface area contributed by atoms with Gasteiger partial charge in [-0.3, -0.25) is 0 Å². The molecule has 0 aliphatic carbocycles. The molecule has 0 bridgehead atoms. The van der Waals surface area contributed by atoms with Crippen molar-refractivity contribution < 1.29 is 4.65 Å². The van der Waals surface area contributed by atoms with Crippen molar-refractivity contribution >= 4 is 0 Å². The van der Waals surface area contributed by atoms with Gasteiger partial charge < -0.3 is 9.85 Å². The van der Waals surface area contributed by atoms with E-state index in [2.05, 4.69) is 19.1 Å². The van der Waals surface area contributed by atoms with Crippen LogP contribution in [0, 0.1) is 5.21 Å². The molecule has 1 unspecified atom stereocenters. The van der Waals surface area contributed by atoms with Crippen LogP contribution >= 0.6 is 0 Å². The molecule has 0 saturated carbocycles. The maximum absolute atomic E-state index is 12.6. The fourth-order valence-electron chi connectivity index (χ4n) is 4.04. The third-order valence-corrected chi connectivity index (χ3v) is 5.84. The summed E-state index contributed by atoms with van der Waals surface area (Å²) in [6.45, 7) is 3.63. The first-order chi connectivity index (χ1) is 13.6. The van der Waals surface area contributed by atoms with Crippen molar-refractivity contribution in [2.75, 3.05) is 13.6 Å². The molecule has 0 radical (unpaired) electrons. The Morgan fingerprint density at radius 1 is 0.607 bits per heavy atom. The second-order valence-electron chi connectivity index (χ2n) is 8.97. The molecule has 162 valence electrons. The lowest BCUT2D eigenvalue weighted by Gasteiger charge is -2.38. The lowest BCUT2D eigenvalue weighted by atomic mass is 10.0. The molecule has 28 heavy (non-hydrogen) atoms. The average molecular weight is 390 g/mol. The van der Waals surface area contributed by atoms with Gasteiger partial charge in [0.25, 0.3) is 0 Å². The monoisotopic (exact) mass is 389 g/mol. The van der Waals surface area contributed by atoms with Gasteiger partial charge in [-0.25, -0.2) is 0 Å². The smallest absolute Gasteiger partial charge is 0.104 e. The molecule has 1 aromatic carbocycles. The normalized spacial score (nSPS) is 13.5. The summed E-state index contributed by atoms with van der Waals surface area (Å²) in [6, 6.07) is 10.2. The second kappa shape index (κ2) is 17.0. The Kier molecular flexibility index (Phi) is 15.3. The molecule has 0 aliphatic heterocycles. The SMILES string of the molecule is CCCCCCCCCCCCCCCCCC[N+](C)([O-])Cc1ccccc1. The highest BCUT2D eigenvalue weighted by molar-refractivity contribution is 5.13. The molecule has 0 fully saturated rings. The first kappa shape index (κ1) is 25.2. The second-order valence-corrected chi connectivity index (χ2v) is 8.97. The third-order valence-electron chi connectivity index (χ3n) is 5.84. The van der Waals surface area contributed by atoms with Crippen LogP contribution in [-0.2, 0) is 6.54 Å². The van der Waals surface area contributed by atoms with Gasteiger partial charge >= 0.3 is 0 Å². The van der Waals surface area contributed by atoms with Crippen LogP contribution in [0.5, 0.6) is 0 Å². The highest BCUT2D eigenvalue weighted by Crippen LogP contribution is 2.15. The molecule has 1 atom stereocenters. The van der Waals surface area contributed by atoms with Crippen molar-refractivity contribution in [3.05, 3.63) is 41.1 Å². The number of hydrogen-bond acceptors (Lipinski definition) is 1. The maximum Gasteiger partial charge on any atom is 0.104 e.